The molecule has 2 aliphatic rings. The summed E-state index contributed by atoms with van der Waals surface area (Å²) in [6.45, 7) is 23.2. The van der Waals surface area contributed by atoms with E-state index in [1.807, 2.05) is 0 Å². The number of fused-ring (bicyclic) bond motifs is 4. The Bertz CT molecular complexity index is 3930. The molecular weight excluding hydrogens is 1010 g/mol. The second-order valence-electron chi connectivity index (χ2n) is 25.6. The summed E-state index contributed by atoms with van der Waals surface area (Å²) >= 11 is 0. The van der Waals surface area contributed by atoms with E-state index in [9.17, 15) is 0 Å². The van der Waals surface area contributed by atoms with Crippen LogP contribution in [0.5, 0.6) is 0 Å². The quantitative estimate of drug-likeness (QED) is 0.107. The first-order valence-electron chi connectivity index (χ1n) is 29.9. The molecule has 13 rings (SSSR count). The molecule has 84 heavy (non-hydrogen) atoms. The predicted molar refractivity (Wildman–Crippen MR) is 359 cm³/mol. The Hall–Kier alpha value is -9.12. The van der Waals surface area contributed by atoms with Gasteiger partial charge in [0, 0.05) is 67.2 Å². The maximum Gasteiger partial charge on any atom is 0.252 e. The third-order valence-corrected chi connectivity index (χ3v) is 18.9. The third-order valence-electron chi connectivity index (χ3n) is 18.9. The van der Waals surface area contributed by atoms with Crippen molar-refractivity contribution in [3.63, 3.8) is 0 Å². The summed E-state index contributed by atoms with van der Waals surface area (Å²) in [6.07, 6.45) is 0. The average Bonchev–Trinajstić information content (AvgIpc) is 1.11. The number of rotatable bonds is 13. The molecule has 11 aromatic rings. The van der Waals surface area contributed by atoms with Crippen molar-refractivity contribution in [1.82, 2.24) is 0 Å². The van der Waals surface area contributed by atoms with Crippen LogP contribution in [0.15, 0.2) is 267 Å². The molecule has 412 valence electrons. The molecule has 0 saturated carbocycles. The van der Waals surface area contributed by atoms with Crippen molar-refractivity contribution in [1.29, 1.82) is 0 Å². The number of anilines is 9. The maximum absolute atomic E-state index is 2.59. The molecule has 0 radical (unpaired) electrons. The Morgan fingerprint density at radius 2 is 0.583 bits per heavy atom. The summed E-state index contributed by atoms with van der Waals surface area (Å²) in [7, 11) is 0. The molecule has 0 aliphatic carbocycles. The molecule has 3 nitrogen and oxygen atoms in total. The zero-order valence-corrected chi connectivity index (χ0v) is 50.3. The third kappa shape index (κ3) is 9.33. The molecule has 0 spiro atoms. The van der Waals surface area contributed by atoms with E-state index in [2.05, 4.69) is 351 Å². The Kier molecular flexibility index (Phi) is 13.5. The minimum Gasteiger partial charge on any atom is -0.311 e. The molecule has 0 amide bonds. The van der Waals surface area contributed by atoms with Gasteiger partial charge < -0.3 is 14.7 Å². The lowest BCUT2D eigenvalue weighted by Gasteiger charge is -2.46. The second kappa shape index (κ2) is 20.9. The van der Waals surface area contributed by atoms with Crippen molar-refractivity contribution in [3.8, 4) is 0 Å². The number of benzene rings is 11. The van der Waals surface area contributed by atoms with Gasteiger partial charge in [-0.1, -0.05) is 250 Å². The SMILES string of the molecule is Cc1cccc(N(c2cccc(C)c2)c2cc3c4c(c2)N(c2ccc(C(C)(C)c5ccccc5)cc2)c2ccc(C(C)(C)c5ccccc5)cc2B4c2cc(C(C)(C)c4ccccc4)ccc2N3c2ccc(C(C)(C)c3ccccc3)cc2)c1. The van der Waals surface area contributed by atoms with E-state index in [4.69, 9.17) is 0 Å². The smallest absolute Gasteiger partial charge is 0.252 e. The van der Waals surface area contributed by atoms with E-state index in [-0.39, 0.29) is 28.4 Å². The summed E-state index contributed by atoms with van der Waals surface area (Å²) in [5.74, 6) is 0. The van der Waals surface area contributed by atoms with Gasteiger partial charge in [-0.25, -0.2) is 0 Å². The summed E-state index contributed by atoms with van der Waals surface area (Å²) in [5, 5.41) is 0. The summed E-state index contributed by atoms with van der Waals surface area (Å²) in [6, 6.07) is 101. The topological polar surface area (TPSA) is 9.72 Å². The fraction of sp³-hybridized carbons (Fsp3) is 0.175. The van der Waals surface area contributed by atoms with Crippen LogP contribution in [0.2, 0.25) is 0 Å². The molecule has 2 heterocycles. The Balaban J connectivity index is 1.13. The lowest BCUT2D eigenvalue weighted by Crippen LogP contribution is -2.61. The van der Waals surface area contributed by atoms with E-state index >= 15 is 0 Å². The van der Waals surface area contributed by atoms with Crippen LogP contribution in [-0.4, -0.2) is 6.71 Å². The molecule has 2 aliphatic heterocycles. The van der Waals surface area contributed by atoms with Crippen LogP contribution in [0.1, 0.15) is 111 Å². The molecule has 11 aromatic carbocycles. The molecule has 0 unspecified atom stereocenters. The van der Waals surface area contributed by atoms with Crippen LogP contribution in [0.3, 0.4) is 0 Å². The normalized spacial score (nSPS) is 13.0. The van der Waals surface area contributed by atoms with Crippen molar-refractivity contribution in [2.45, 2.75) is 90.9 Å². The monoisotopic (exact) mass is 1090 g/mol. The maximum atomic E-state index is 2.59. The Labute approximate surface area is 499 Å². The van der Waals surface area contributed by atoms with Gasteiger partial charge in [0.2, 0.25) is 0 Å². The lowest BCUT2D eigenvalue weighted by atomic mass is 9.33. The van der Waals surface area contributed by atoms with Crippen LogP contribution in [0.4, 0.5) is 51.2 Å². The number of hydrogen-bond acceptors (Lipinski definition) is 3. The fourth-order valence-electron chi connectivity index (χ4n) is 13.6. The van der Waals surface area contributed by atoms with Crippen molar-refractivity contribution >= 4 is 74.3 Å². The van der Waals surface area contributed by atoms with Gasteiger partial charge in [0.25, 0.3) is 6.71 Å². The van der Waals surface area contributed by atoms with Gasteiger partial charge in [0.1, 0.15) is 0 Å². The largest absolute Gasteiger partial charge is 0.311 e. The van der Waals surface area contributed by atoms with Gasteiger partial charge in [0.05, 0.1) is 5.69 Å². The van der Waals surface area contributed by atoms with Gasteiger partial charge in [-0.05, 0) is 159 Å². The van der Waals surface area contributed by atoms with Crippen molar-refractivity contribution in [3.05, 3.63) is 323 Å². The summed E-state index contributed by atoms with van der Waals surface area (Å²) < 4.78 is 0. The highest BCUT2D eigenvalue weighted by molar-refractivity contribution is 7.00. The van der Waals surface area contributed by atoms with Gasteiger partial charge in [-0.3, -0.25) is 0 Å². The highest BCUT2D eigenvalue weighted by atomic mass is 15.2. The van der Waals surface area contributed by atoms with E-state index in [0.29, 0.717) is 0 Å². The van der Waals surface area contributed by atoms with Gasteiger partial charge in [-0.15, -0.1) is 0 Å². The molecule has 0 saturated heterocycles. The number of nitrogens with zero attached hydrogens (tertiary/aromatic N) is 3. The molecular formula is C80H74BN3. The van der Waals surface area contributed by atoms with Crippen LogP contribution in [0.25, 0.3) is 0 Å². The first-order valence-corrected chi connectivity index (χ1v) is 29.9. The van der Waals surface area contributed by atoms with Crippen LogP contribution < -0.4 is 31.1 Å². The lowest BCUT2D eigenvalue weighted by molar-refractivity contribution is 0.641. The molecule has 0 atom stereocenters. The first-order chi connectivity index (χ1) is 40.5. The molecule has 0 bridgehead atoms. The van der Waals surface area contributed by atoms with Crippen LogP contribution >= 0.6 is 0 Å². The molecule has 0 fully saturated rings. The molecule has 0 aromatic heterocycles. The van der Waals surface area contributed by atoms with E-state index < -0.39 is 0 Å². The van der Waals surface area contributed by atoms with Gasteiger partial charge in [-0.2, -0.15) is 0 Å². The Morgan fingerprint density at radius 3 is 0.917 bits per heavy atom. The number of hydrogen-bond donors (Lipinski definition) is 0. The molecule has 0 N–H and O–H groups in total. The number of aryl methyl sites for hydroxylation is 2. The van der Waals surface area contributed by atoms with Crippen LogP contribution in [-0.2, 0) is 21.7 Å². The first kappa shape index (κ1) is 54.2. The average molecular weight is 1090 g/mol. The highest BCUT2D eigenvalue weighted by Crippen LogP contribution is 2.50. The van der Waals surface area contributed by atoms with E-state index in [1.165, 1.54) is 83.4 Å². The zero-order valence-electron chi connectivity index (χ0n) is 50.3. The highest BCUT2D eigenvalue weighted by Gasteiger charge is 2.46. The molecule has 4 heteroatoms. The van der Waals surface area contributed by atoms with E-state index in [1.54, 1.807) is 0 Å². The zero-order chi connectivity index (χ0) is 58.1. The van der Waals surface area contributed by atoms with Gasteiger partial charge >= 0.3 is 0 Å². The summed E-state index contributed by atoms with van der Waals surface area (Å²) in [4.78, 5) is 7.65. The van der Waals surface area contributed by atoms with Crippen LogP contribution in [0, 0.1) is 13.8 Å². The van der Waals surface area contributed by atoms with Crippen molar-refractivity contribution in [2.24, 2.45) is 0 Å². The fourth-order valence-corrected chi connectivity index (χ4v) is 13.6. The second-order valence-corrected chi connectivity index (χ2v) is 25.6. The Morgan fingerprint density at radius 1 is 0.274 bits per heavy atom. The van der Waals surface area contributed by atoms with Crippen molar-refractivity contribution < 1.29 is 0 Å². The summed E-state index contributed by atoms with van der Waals surface area (Å²) in [5.41, 5.74) is 25.6. The minimum absolute atomic E-state index is 0.140. The standard InChI is InChI=1S/C80H74BN3/c1-55-25-23-35-67(49-55)82(68-36-24-26-56(2)50-68)69-53-74-76-75(54-69)84(66-45-39-62(40-46-66)78(5,6)58-29-17-12-18-30-58)73-48-42-64(80(9,10)60-33-21-14-22-34-60)52-71(73)81(76)70-51-63(79(7,8)59-31-19-13-20-32-59)41-47-72(70)83(74)65-43-37-61(38-44-65)77(3,4)57-27-15-11-16-28-57/h11-54H,1-10H3. The van der Waals surface area contributed by atoms with Crippen molar-refractivity contribution in [2.75, 3.05) is 14.7 Å². The van der Waals surface area contributed by atoms with E-state index in [0.717, 1.165) is 39.8 Å². The van der Waals surface area contributed by atoms with Gasteiger partial charge in [0.15, 0.2) is 0 Å². The predicted octanol–water partition coefficient (Wildman–Crippen LogP) is 19.2. The minimum atomic E-state index is -0.295.